The molecule has 5 nitrogen and oxygen atoms in total. The molecule has 1 aliphatic rings. The molecule has 5 heteroatoms. The topological polar surface area (TPSA) is 55.8 Å². The quantitative estimate of drug-likeness (QED) is 0.470. The Bertz CT molecular complexity index is 976. The van der Waals surface area contributed by atoms with Crippen LogP contribution in [0.5, 0.6) is 5.75 Å². The van der Waals surface area contributed by atoms with Crippen LogP contribution >= 0.6 is 0 Å². The number of amides is 1. The first kappa shape index (κ1) is 21.4. The van der Waals surface area contributed by atoms with Gasteiger partial charge in [-0.3, -0.25) is 4.79 Å². The third kappa shape index (κ3) is 4.79. The van der Waals surface area contributed by atoms with Crippen LogP contribution < -0.4 is 4.74 Å². The SMILES string of the molecule is CCCCN1C(=O)/C(=C\c2cccc(OCc3ccccc3)c2)C(C(=O)OC)=C1C. The Hall–Kier alpha value is -3.34. The van der Waals surface area contributed by atoms with Crippen LogP contribution in [0.4, 0.5) is 0 Å². The third-order valence-electron chi connectivity index (χ3n) is 5.05. The second-order valence-electron chi connectivity index (χ2n) is 7.17. The van der Waals surface area contributed by atoms with Gasteiger partial charge in [-0.25, -0.2) is 4.79 Å². The van der Waals surface area contributed by atoms with Gasteiger partial charge in [0.25, 0.3) is 5.91 Å². The number of methoxy groups -OCH3 is 1. The lowest BCUT2D eigenvalue weighted by molar-refractivity contribution is -0.136. The maximum Gasteiger partial charge on any atom is 0.340 e. The molecule has 0 bridgehead atoms. The summed E-state index contributed by atoms with van der Waals surface area (Å²) in [6.45, 7) is 4.90. The maximum atomic E-state index is 13.0. The third-order valence-corrected chi connectivity index (χ3v) is 5.05. The number of nitrogens with zero attached hydrogens (tertiary/aromatic N) is 1. The molecule has 2 aromatic carbocycles. The molecule has 0 unspecified atom stereocenters. The highest BCUT2D eigenvalue weighted by atomic mass is 16.5. The van der Waals surface area contributed by atoms with Crippen LogP contribution in [0, 0.1) is 0 Å². The Morgan fingerprint density at radius 3 is 2.57 bits per heavy atom. The molecule has 3 rings (SSSR count). The van der Waals surface area contributed by atoms with E-state index in [1.165, 1.54) is 7.11 Å². The van der Waals surface area contributed by atoms with Gasteiger partial charge in [-0.1, -0.05) is 55.8 Å². The summed E-state index contributed by atoms with van der Waals surface area (Å²) in [4.78, 5) is 27.1. The second-order valence-corrected chi connectivity index (χ2v) is 7.17. The number of carbonyl (C=O) groups is 2. The largest absolute Gasteiger partial charge is 0.489 e. The van der Waals surface area contributed by atoms with E-state index in [4.69, 9.17) is 9.47 Å². The van der Waals surface area contributed by atoms with E-state index in [9.17, 15) is 9.59 Å². The van der Waals surface area contributed by atoms with E-state index in [2.05, 4.69) is 6.92 Å². The molecule has 1 heterocycles. The fourth-order valence-corrected chi connectivity index (χ4v) is 3.42. The summed E-state index contributed by atoms with van der Waals surface area (Å²) < 4.78 is 10.8. The highest BCUT2D eigenvalue weighted by molar-refractivity contribution is 6.16. The molecule has 0 aromatic heterocycles. The number of unbranched alkanes of at least 4 members (excludes halogenated alkanes) is 1. The highest BCUT2D eigenvalue weighted by Gasteiger charge is 2.36. The van der Waals surface area contributed by atoms with Crippen molar-refractivity contribution in [1.29, 1.82) is 0 Å². The average Bonchev–Trinajstić information content (AvgIpc) is 3.00. The van der Waals surface area contributed by atoms with Crippen molar-refractivity contribution in [1.82, 2.24) is 4.90 Å². The molecule has 1 aliphatic heterocycles. The monoisotopic (exact) mass is 405 g/mol. The normalized spacial score (nSPS) is 15.1. The van der Waals surface area contributed by atoms with Gasteiger partial charge < -0.3 is 14.4 Å². The van der Waals surface area contributed by atoms with E-state index in [1.54, 1.807) is 17.9 Å². The number of rotatable bonds is 8. The Morgan fingerprint density at radius 2 is 1.87 bits per heavy atom. The summed E-state index contributed by atoms with van der Waals surface area (Å²) in [7, 11) is 1.33. The lowest BCUT2D eigenvalue weighted by atomic mass is 10.0. The van der Waals surface area contributed by atoms with Crippen molar-refractivity contribution in [2.75, 3.05) is 13.7 Å². The Kier molecular flexibility index (Phi) is 7.07. The van der Waals surface area contributed by atoms with Crippen molar-refractivity contribution < 1.29 is 19.1 Å². The van der Waals surface area contributed by atoms with Crippen LogP contribution in [0.1, 0.15) is 37.8 Å². The molecule has 1 amide bonds. The van der Waals surface area contributed by atoms with E-state index in [0.29, 0.717) is 35.7 Å². The molecule has 0 saturated heterocycles. The number of ether oxygens (including phenoxy) is 2. The zero-order chi connectivity index (χ0) is 21.5. The molecule has 0 fully saturated rings. The van der Waals surface area contributed by atoms with Gasteiger partial charge in [0.1, 0.15) is 12.4 Å². The number of hydrogen-bond donors (Lipinski definition) is 0. The van der Waals surface area contributed by atoms with Gasteiger partial charge in [0, 0.05) is 12.2 Å². The lowest BCUT2D eigenvalue weighted by Gasteiger charge is -2.17. The summed E-state index contributed by atoms with van der Waals surface area (Å²) in [6.07, 6.45) is 3.57. The van der Waals surface area contributed by atoms with Crippen LogP contribution in [0.2, 0.25) is 0 Å². The average molecular weight is 405 g/mol. The van der Waals surface area contributed by atoms with Crippen LogP contribution in [-0.4, -0.2) is 30.4 Å². The summed E-state index contributed by atoms with van der Waals surface area (Å²) in [5.74, 6) is 0.0290. The molecule has 2 aromatic rings. The minimum Gasteiger partial charge on any atom is -0.489 e. The van der Waals surface area contributed by atoms with Gasteiger partial charge >= 0.3 is 5.97 Å². The van der Waals surface area contributed by atoms with E-state index >= 15 is 0 Å². The first-order chi connectivity index (χ1) is 14.5. The van der Waals surface area contributed by atoms with E-state index in [0.717, 1.165) is 24.0 Å². The van der Waals surface area contributed by atoms with E-state index in [-0.39, 0.29) is 5.91 Å². The number of hydrogen-bond acceptors (Lipinski definition) is 4. The number of benzene rings is 2. The molecule has 156 valence electrons. The smallest absolute Gasteiger partial charge is 0.340 e. The van der Waals surface area contributed by atoms with Crippen LogP contribution in [-0.2, 0) is 20.9 Å². The van der Waals surface area contributed by atoms with Crippen molar-refractivity contribution in [3.8, 4) is 5.75 Å². The van der Waals surface area contributed by atoms with Gasteiger partial charge in [0.15, 0.2) is 0 Å². The Balaban J connectivity index is 1.86. The minimum absolute atomic E-state index is 0.169. The summed E-state index contributed by atoms with van der Waals surface area (Å²) in [5, 5.41) is 0. The van der Waals surface area contributed by atoms with Gasteiger partial charge in [0.05, 0.1) is 18.3 Å². The van der Waals surface area contributed by atoms with E-state index < -0.39 is 5.97 Å². The van der Waals surface area contributed by atoms with Crippen molar-refractivity contribution in [3.63, 3.8) is 0 Å². The van der Waals surface area contributed by atoms with Gasteiger partial charge in [-0.15, -0.1) is 0 Å². The standard InChI is InChI=1S/C25H27NO4/c1-4-5-14-26-18(2)23(25(28)29-3)22(24(26)27)16-20-12-9-13-21(15-20)30-17-19-10-7-6-8-11-19/h6-13,15-16H,4-5,14,17H2,1-3H3/b22-16-. The molecule has 0 saturated carbocycles. The van der Waals surface area contributed by atoms with Gasteiger partial charge in [0.2, 0.25) is 0 Å². The van der Waals surface area contributed by atoms with Gasteiger partial charge in [-0.05, 0) is 42.7 Å². The number of allylic oxidation sites excluding steroid dienone is 1. The molecule has 0 aliphatic carbocycles. The van der Waals surface area contributed by atoms with Crippen molar-refractivity contribution in [2.45, 2.75) is 33.3 Å². The van der Waals surface area contributed by atoms with Gasteiger partial charge in [-0.2, -0.15) is 0 Å². The number of esters is 1. The molecule has 0 spiro atoms. The second kappa shape index (κ2) is 9.92. The predicted molar refractivity (Wildman–Crippen MR) is 117 cm³/mol. The summed E-state index contributed by atoms with van der Waals surface area (Å²) in [5.41, 5.74) is 3.19. The highest BCUT2D eigenvalue weighted by Crippen LogP contribution is 2.32. The fraction of sp³-hybridized carbons (Fsp3) is 0.280. The molecule has 0 N–H and O–H groups in total. The fourth-order valence-electron chi connectivity index (χ4n) is 3.42. The van der Waals surface area contributed by atoms with Crippen molar-refractivity contribution >= 4 is 18.0 Å². The molecular formula is C25H27NO4. The lowest BCUT2D eigenvalue weighted by Crippen LogP contribution is -2.26. The zero-order valence-corrected chi connectivity index (χ0v) is 17.7. The predicted octanol–water partition coefficient (Wildman–Crippen LogP) is 4.74. The molecular weight excluding hydrogens is 378 g/mol. The molecule has 0 radical (unpaired) electrons. The molecule has 0 atom stereocenters. The number of carbonyl (C=O) groups excluding carboxylic acids is 2. The Labute approximate surface area is 177 Å². The van der Waals surface area contributed by atoms with Crippen LogP contribution in [0.3, 0.4) is 0 Å². The van der Waals surface area contributed by atoms with Crippen LogP contribution in [0.15, 0.2) is 71.4 Å². The minimum atomic E-state index is -0.498. The first-order valence-corrected chi connectivity index (χ1v) is 10.1. The maximum absolute atomic E-state index is 13.0. The van der Waals surface area contributed by atoms with Crippen molar-refractivity contribution in [2.24, 2.45) is 0 Å². The zero-order valence-electron chi connectivity index (χ0n) is 17.7. The first-order valence-electron chi connectivity index (χ1n) is 10.1. The van der Waals surface area contributed by atoms with Crippen LogP contribution in [0.25, 0.3) is 6.08 Å². The summed E-state index contributed by atoms with van der Waals surface area (Å²) >= 11 is 0. The Morgan fingerprint density at radius 1 is 1.10 bits per heavy atom. The van der Waals surface area contributed by atoms with Crippen molar-refractivity contribution in [3.05, 3.63) is 82.6 Å². The summed E-state index contributed by atoms with van der Waals surface area (Å²) in [6, 6.07) is 17.4. The van der Waals surface area contributed by atoms with E-state index in [1.807, 2.05) is 54.6 Å². The molecule has 30 heavy (non-hydrogen) atoms.